The monoisotopic (exact) mass is 311 g/mol. The zero-order valence-electron chi connectivity index (χ0n) is 11.5. The lowest BCUT2D eigenvalue weighted by atomic mass is 10.1. The molecule has 0 aromatic carbocycles. The lowest BCUT2D eigenvalue weighted by Crippen LogP contribution is -2.33. The van der Waals surface area contributed by atoms with Crippen LogP contribution in [0.5, 0.6) is 0 Å². The third-order valence-corrected chi connectivity index (χ3v) is 3.65. The molecule has 120 valence electrons. The van der Waals surface area contributed by atoms with Crippen LogP contribution in [0.25, 0.3) is 11.5 Å². The van der Waals surface area contributed by atoms with Crippen LogP contribution in [0, 0.1) is 0 Å². The number of aromatic amines is 1. The van der Waals surface area contributed by atoms with E-state index in [9.17, 15) is 10.2 Å². The van der Waals surface area contributed by atoms with Gasteiger partial charge in [0.1, 0.15) is 29.8 Å². The Balaban J connectivity index is 1.90. The molecule has 3 rings (SSSR count). The molecule has 0 aliphatic carbocycles. The largest absolute Gasteiger partial charge is 0.394 e. The molecule has 10 nitrogen and oxygen atoms in total. The molecule has 2 aromatic heterocycles. The molecule has 0 unspecified atom stereocenters. The maximum absolute atomic E-state index is 10.0. The van der Waals surface area contributed by atoms with E-state index in [2.05, 4.69) is 15.0 Å². The predicted octanol–water partition coefficient (Wildman–Crippen LogP) is -2.04. The lowest BCUT2D eigenvalue weighted by molar-refractivity contribution is -0.0517. The molecule has 1 saturated heterocycles. The number of hydrogen-bond donors (Lipinski definition) is 6. The molecule has 22 heavy (non-hydrogen) atoms. The second kappa shape index (κ2) is 5.66. The van der Waals surface area contributed by atoms with Crippen LogP contribution in [0.15, 0.2) is 12.5 Å². The van der Waals surface area contributed by atoms with Gasteiger partial charge < -0.3 is 35.9 Å². The van der Waals surface area contributed by atoms with E-state index in [0.717, 1.165) is 0 Å². The van der Waals surface area contributed by atoms with E-state index < -0.39 is 31.1 Å². The zero-order chi connectivity index (χ0) is 15.9. The van der Waals surface area contributed by atoms with Crippen molar-refractivity contribution in [3.8, 4) is 11.5 Å². The van der Waals surface area contributed by atoms with E-state index in [0.29, 0.717) is 17.2 Å². The maximum Gasteiger partial charge on any atom is 0.165 e. The minimum atomic E-state index is -1.24. The number of nitrogens with two attached hydrogens (primary N) is 1. The van der Waals surface area contributed by atoms with E-state index in [4.69, 9.17) is 20.7 Å². The number of aliphatic hydroxyl groups excluding tert-OH is 4. The van der Waals surface area contributed by atoms with Gasteiger partial charge in [0, 0.05) is 0 Å². The Labute approximate surface area is 124 Å². The summed E-state index contributed by atoms with van der Waals surface area (Å²) in [5, 5.41) is 37.9. The molecule has 0 amide bonds. The van der Waals surface area contributed by atoms with Crippen molar-refractivity contribution >= 4 is 5.82 Å². The van der Waals surface area contributed by atoms with Crippen LogP contribution in [-0.2, 0) is 11.3 Å². The topological polar surface area (TPSA) is 163 Å². The second-order valence-corrected chi connectivity index (χ2v) is 5.03. The van der Waals surface area contributed by atoms with Gasteiger partial charge >= 0.3 is 0 Å². The molecule has 2 aromatic rings. The Morgan fingerprint density at radius 2 is 2.05 bits per heavy atom. The number of aromatic nitrogens is 4. The summed E-state index contributed by atoms with van der Waals surface area (Å²) >= 11 is 0. The minimum Gasteiger partial charge on any atom is -0.394 e. The molecule has 4 atom stereocenters. The zero-order valence-corrected chi connectivity index (χ0v) is 11.5. The third kappa shape index (κ3) is 2.26. The normalized spacial score (nSPS) is 28.4. The summed E-state index contributed by atoms with van der Waals surface area (Å²) in [6.45, 7) is -0.614. The average molecular weight is 311 g/mol. The number of hydrogen-bond acceptors (Lipinski definition) is 8. The Kier molecular flexibility index (Phi) is 3.85. The summed E-state index contributed by atoms with van der Waals surface area (Å²) in [5.74, 6) is 0.542. The fourth-order valence-corrected chi connectivity index (χ4v) is 2.43. The van der Waals surface area contributed by atoms with Gasteiger partial charge in [0.2, 0.25) is 0 Å². The van der Waals surface area contributed by atoms with Gasteiger partial charge in [-0.1, -0.05) is 0 Å². The first-order valence-corrected chi connectivity index (χ1v) is 6.66. The Hall–Kier alpha value is -1.98. The summed E-state index contributed by atoms with van der Waals surface area (Å²) in [5.41, 5.74) is 6.85. The standard InChI is InChI=1S/C12H17N5O5/c13-10-7(11-14-1-5(2-18)16-11)15-4-17(10)12-9(21)8(20)6(3-19)22-12/h1,4,6,8-9,12,18-21H,2-3,13H2,(H,14,16)/t6-,8-,9-,12-/m1/s1. The van der Waals surface area contributed by atoms with Gasteiger partial charge in [0.15, 0.2) is 12.1 Å². The van der Waals surface area contributed by atoms with Crippen LogP contribution in [-0.4, -0.2) is 64.9 Å². The van der Waals surface area contributed by atoms with E-state index in [1.807, 2.05) is 0 Å². The predicted molar refractivity (Wildman–Crippen MR) is 73.2 cm³/mol. The molecule has 0 bridgehead atoms. The van der Waals surface area contributed by atoms with Crippen molar-refractivity contribution in [2.24, 2.45) is 0 Å². The Bertz CT molecular complexity index is 656. The second-order valence-electron chi connectivity index (χ2n) is 5.03. The summed E-state index contributed by atoms with van der Waals surface area (Å²) in [6, 6.07) is 0. The summed E-state index contributed by atoms with van der Waals surface area (Å²) < 4.78 is 6.76. The first-order chi connectivity index (χ1) is 10.6. The van der Waals surface area contributed by atoms with Gasteiger partial charge in [-0.3, -0.25) is 4.57 Å². The molecule has 0 radical (unpaired) electrons. The maximum atomic E-state index is 10.0. The van der Waals surface area contributed by atoms with Gasteiger partial charge in [-0.15, -0.1) is 0 Å². The van der Waals surface area contributed by atoms with Crippen LogP contribution in [0.3, 0.4) is 0 Å². The fraction of sp³-hybridized carbons (Fsp3) is 0.500. The van der Waals surface area contributed by atoms with Crippen molar-refractivity contribution in [2.45, 2.75) is 31.1 Å². The number of rotatable bonds is 4. The van der Waals surface area contributed by atoms with Gasteiger partial charge in [-0.2, -0.15) is 0 Å². The molecule has 7 N–H and O–H groups in total. The highest BCUT2D eigenvalue weighted by Gasteiger charge is 2.44. The van der Waals surface area contributed by atoms with Crippen LogP contribution in [0.4, 0.5) is 5.82 Å². The number of anilines is 1. The molecule has 1 fully saturated rings. The van der Waals surface area contributed by atoms with Gasteiger partial charge in [-0.25, -0.2) is 9.97 Å². The number of ether oxygens (including phenoxy) is 1. The highest BCUT2D eigenvalue weighted by atomic mass is 16.6. The van der Waals surface area contributed by atoms with Gasteiger partial charge in [0.05, 0.1) is 31.4 Å². The van der Waals surface area contributed by atoms with Crippen LogP contribution < -0.4 is 5.73 Å². The molecule has 0 spiro atoms. The number of aliphatic hydroxyl groups is 4. The van der Waals surface area contributed by atoms with Gasteiger partial charge in [-0.05, 0) is 0 Å². The highest BCUT2D eigenvalue weighted by molar-refractivity contribution is 5.64. The number of imidazole rings is 2. The molecule has 1 aliphatic heterocycles. The Morgan fingerprint density at radius 3 is 2.64 bits per heavy atom. The van der Waals surface area contributed by atoms with Crippen molar-refractivity contribution < 1.29 is 25.2 Å². The summed E-state index contributed by atoms with van der Waals surface area (Å²) in [7, 11) is 0. The Morgan fingerprint density at radius 1 is 1.27 bits per heavy atom. The van der Waals surface area contributed by atoms with Gasteiger partial charge in [0.25, 0.3) is 0 Å². The van der Waals surface area contributed by atoms with Crippen molar-refractivity contribution in [3.05, 3.63) is 18.2 Å². The van der Waals surface area contributed by atoms with Crippen molar-refractivity contribution in [1.82, 2.24) is 19.5 Å². The van der Waals surface area contributed by atoms with E-state index >= 15 is 0 Å². The fourth-order valence-electron chi connectivity index (χ4n) is 2.43. The van der Waals surface area contributed by atoms with Crippen LogP contribution in [0.1, 0.15) is 11.9 Å². The first-order valence-electron chi connectivity index (χ1n) is 6.66. The average Bonchev–Trinajstić information content (AvgIpc) is 3.19. The quantitative estimate of drug-likeness (QED) is 0.376. The third-order valence-electron chi connectivity index (χ3n) is 3.65. The molecular formula is C12H17N5O5. The van der Waals surface area contributed by atoms with Crippen molar-refractivity contribution in [3.63, 3.8) is 0 Å². The smallest absolute Gasteiger partial charge is 0.165 e. The minimum absolute atomic E-state index is 0.175. The summed E-state index contributed by atoms with van der Waals surface area (Å²) in [4.78, 5) is 11.0. The molecule has 0 saturated carbocycles. The number of nitrogens with one attached hydrogen (secondary N) is 1. The molecule has 10 heteroatoms. The lowest BCUT2D eigenvalue weighted by Gasteiger charge is -2.17. The van der Waals surface area contributed by atoms with E-state index in [1.54, 1.807) is 0 Å². The van der Waals surface area contributed by atoms with Crippen LogP contribution in [0.2, 0.25) is 0 Å². The number of H-pyrrole nitrogens is 1. The number of nitrogens with zero attached hydrogens (tertiary/aromatic N) is 3. The molecular weight excluding hydrogens is 294 g/mol. The molecule has 3 heterocycles. The van der Waals surface area contributed by atoms with Crippen molar-refractivity contribution in [2.75, 3.05) is 12.3 Å². The van der Waals surface area contributed by atoms with Crippen LogP contribution >= 0.6 is 0 Å². The number of nitrogen functional groups attached to an aromatic ring is 1. The van der Waals surface area contributed by atoms with E-state index in [1.165, 1.54) is 17.1 Å². The van der Waals surface area contributed by atoms with E-state index in [-0.39, 0.29) is 12.4 Å². The summed E-state index contributed by atoms with van der Waals surface area (Å²) in [6.07, 6.45) is -1.50. The SMILES string of the molecule is Nc1c(-c2ncc(CO)[nH]2)ncn1[C@@H]1O[C@H](CO)[C@@H](O)[C@H]1O. The van der Waals surface area contributed by atoms with Crippen molar-refractivity contribution in [1.29, 1.82) is 0 Å². The first kappa shape index (κ1) is 14.9. The molecule has 1 aliphatic rings. The highest BCUT2D eigenvalue weighted by Crippen LogP contribution is 2.33.